The molecule has 2 heterocycles. The second-order valence-corrected chi connectivity index (χ2v) is 9.03. The number of sulfonamides is 1. The molecule has 138 valence electrons. The van der Waals surface area contributed by atoms with Crippen molar-refractivity contribution in [2.75, 3.05) is 26.2 Å². The Morgan fingerprint density at radius 1 is 1.16 bits per heavy atom. The number of rotatable bonds is 4. The summed E-state index contributed by atoms with van der Waals surface area (Å²) in [7, 11) is -3.60. The van der Waals surface area contributed by atoms with E-state index in [1.54, 1.807) is 30.3 Å². The lowest BCUT2D eigenvalue weighted by molar-refractivity contribution is -0.140. The average molecular weight is 366 g/mol. The quantitative estimate of drug-likeness (QED) is 0.818. The van der Waals surface area contributed by atoms with Gasteiger partial charge in [-0.3, -0.25) is 4.79 Å². The van der Waals surface area contributed by atoms with Gasteiger partial charge in [0, 0.05) is 38.9 Å². The lowest BCUT2D eigenvalue weighted by Gasteiger charge is -2.43. The van der Waals surface area contributed by atoms with Crippen LogP contribution in [0, 0.1) is 5.92 Å². The highest BCUT2D eigenvalue weighted by atomic mass is 32.2. The minimum absolute atomic E-state index is 0.139. The summed E-state index contributed by atoms with van der Waals surface area (Å²) in [6, 6.07) is 8.48. The molecule has 3 rings (SSSR count). The number of carbonyl (C=O) groups excluding carboxylic acids is 1. The van der Waals surface area contributed by atoms with Gasteiger partial charge in [0.2, 0.25) is 15.9 Å². The average Bonchev–Trinajstić information content (AvgIpc) is 2.99. The molecule has 25 heavy (non-hydrogen) atoms. The Labute approximate surface area is 149 Å². The first kappa shape index (κ1) is 18.4. The molecule has 0 atom stereocenters. The second kappa shape index (κ2) is 7.05. The first-order chi connectivity index (χ1) is 11.8. The third-order valence-electron chi connectivity index (χ3n) is 4.93. The number of hydrogen-bond donors (Lipinski definition) is 0. The maximum absolute atomic E-state index is 13.0. The molecule has 2 aliphatic rings. The molecular formula is C18H26N2O4S. The lowest BCUT2D eigenvalue weighted by Crippen LogP contribution is -2.55. The van der Waals surface area contributed by atoms with E-state index in [4.69, 9.17) is 4.74 Å². The third kappa shape index (κ3) is 3.59. The van der Waals surface area contributed by atoms with Gasteiger partial charge in [-0.1, -0.05) is 32.0 Å². The summed E-state index contributed by atoms with van der Waals surface area (Å²) >= 11 is 0. The van der Waals surface area contributed by atoms with Crippen LogP contribution in [0.25, 0.3) is 0 Å². The number of ether oxygens (including phenoxy) is 1. The highest BCUT2D eigenvalue weighted by molar-refractivity contribution is 7.89. The van der Waals surface area contributed by atoms with Crippen molar-refractivity contribution in [3.8, 4) is 0 Å². The maximum atomic E-state index is 13.0. The molecule has 0 aromatic heterocycles. The van der Waals surface area contributed by atoms with E-state index in [0.29, 0.717) is 51.4 Å². The van der Waals surface area contributed by atoms with E-state index >= 15 is 0 Å². The van der Waals surface area contributed by atoms with Crippen molar-refractivity contribution < 1.29 is 17.9 Å². The Balaban J connectivity index is 1.76. The van der Waals surface area contributed by atoms with Crippen LogP contribution in [0.5, 0.6) is 0 Å². The van der Waals surface area contributed by atoms with E-state index < -0.39 is 15.7 Å². The molecule has 0 saturated carbocycles. The van der Waals surface area contributed by atoms with E-state index in [0.717, 1.165) is 0 Å². The van der Waals surface area contributed by atoms with Gasteiger partial charge in [-0.25, -0.2) is 8.42 Å². The standard InChI is InChI=1S/C18H26N2O4S/c1-15(2)14-17(21)19-10-8-18(9-11-19)20(12-13-24-18)25(22,23)16-6-4-3-5-7-16/h3-7,15H,8-14H2,1-2H3. The molecular weight excluding hydrogens is 340 g/mol. The van der Waals surface area contributed by atoms with Crippen molar-refractivity contribution in [3.63, 3.8) is 0 Å². The van der Waals surface area contributed by atoms with Crippen LogP contribution < -0.4 is 0 Å². The summed E-state index contributed by atoms with van der Waals surface area (Å²) in [5.74, 6) is 0.460. The summed E-state index contributed by atoms with van der Waals surface area (Å²) in [6.07, 6.45) is 1.56. The van der Waals surface area contributed by atoms with Gasteiger partial charge >= 0.3 is 0 Å². The van der Waals surface area contributed by atoms with Gasteiger partial charge in [0.1, 0.15) is 5.72 Å². The molecule has 0 bridgehead atoms. The fourth-order valence-corrected chi connectivity index (χ4v) is 5.37. The van der Waals surface area contributed by atoms with E-state index in [9.17, 15) is 13.2 Å². The van der Waals surface area contributed by atoms with Crippen LogP contribution in [0.2, 0.25) is 0 Å². The van der Waals surface area contributed by atoms with Gasteiger partial charge in [0.25, 0.3) is 0 Å². The van der Waals surface area contributed by atoms with Gasteiger partial charge in [-0.05, 0) is 18.1 Å². The Morgan fingerprint density at radius 2 is 1.80 bits per heavy atom. The fourth-order valence-electron chi connectivity index (χ4n) is 3.63. The monoisotopic (exact) mass is 366 g/mol. The third-order valence-corrected chi connectivity index (χ3v) is 6.89. The highest BCUT2D eigenvalue weighted by Crippen LogP contribution is 2.38. The number of hydrogen-bond acceptors (Lipinski definition) is 4. The van der Waals surface area contributed by atoms with Crippen molar-refractivity contribution in [1.82, 2.24) is 9.21 Å². The van der Waals surface area contributed by atoms with Gasteiger partial charge in [-0.15, -0.1) is 0 Å². The lowest BCUT2D eigenvalue weighted by atomic mass is 9.99. The molecule has 0 aliphatic carbocycles. The molecule has 2 aliphatic heterocycles. The summed E-state index contributed by atoms with van der Waals surface area (Å²) in [4.78, 5) is 14.4. The van der Waals surface area contributed by atoms with Gasteiger partial charge in [-0.2, -0.15) is 4.31 Å². The number of benzene rings is 1. The van der Waals surface area contributed by atoms with E-state index in [2.05, 4.69) is 0 Å². The number of piperidine rings is 1. The van der Waals surface area contributed by atoms with Gasteiger partial charge in [0.05, 0.1) is 11.5 Å². The smallest absolute Gasteiger partial charge is 0.245 e. The normalized spacial score (nSPS) is 21.2. The Kier molecular flexibility index (Phi) is 5.18. The molecule has 0 unspecified atom stereocenters. The van der Waals surface area contributed by atoms with Crippen LogP contribution in [0.1, 0.15) is 33.1 Å². The molecule has 0 radical (unpaired) electrons. The van der Waals surface area contributed by atoms with Crippen molar-refractivity contribution in [2.45, 2.75) is 43.7 Å². The van der Waals surface area contributed by atoms with Crippen LogP contribution in [-0.2, 0) is 19.6 Å². The van der Waals surface area contributed by atoms with Crippen molar-refractivity contribution in [2.24, 2.45) is 5.92 Å². The van der Waals surface area contributed by atoms with Crippen molar-refractivity contribution >= 4 is 15.9 Å². The Morgan fingerprint density at radius 3 is 2.40 bits per heavy atom. The number of amides is 1. The van der Waals surface area contributed by atoms with Crippen molar-refractivity contribution in [3.05, 3.63) is 30.3 Å². The molecule has 1 aromatic rings. The van der Waals surface area contributed by atoms with Crippen LogP contribution in [0.3, 0.4) is 0 Å². The molecule has 1 aromatic carbocycles. The van der Waals surface area contributed by atoms with Crippen molar-refractivity contribution in [1.29, 1.82) is 0 Å². The minimum Gasteiger partial charge on any atom is -0.358 e. The molecule has 1 spiro atoms. The molecule has 2 saturated heterocycles. The number of carbonyl (C=O) groups is 1. The zero-order valence-electron chi connectivity index (χ0n) is 14.8. The zero-order chi connectivity index (χ0) is 18.1. The molecule has 2 fully saturated rings. The zero-order valence-corrected chi connectivity index (χ0v) is 15.7. The first-order valence-corrected chi connectivity index (χ1v) is 10.3. The topological polar surface area (TPSA) is 66.9 Å². The minimum atomic E-state index is -3.60. The predicted octanol–water partition coefficient (Wildman–Crippen LogP) is 2.07. The van der Waals surface area contributed by atoms with E-state index in [-0.39, 0.29) is 10.8 Å². The summed E-state index contributed by atoms with van der Waals surface area (Å²) in [6.45, 7) is 5.87. The van der Waals surface area contributed by atoms with Gasteiger partial charge < -0.3 is 9.64 Å². The van der Waals surface area contributed by atoms with Crippen LogP contribution in [0.4, 0.5) is 0 Å². The number of nitrogens with zero attached hydrogens (tertiary/aromatic N) is 2. The first-order valence-electron chi connectivity index (χ1n) is 8.85. The maximum Gasteiger partial charge on any atom is 0.245 e. The van der Waals surface area contributed by atoms with E-state index in [1.807, 2.05) is 18.7 Å². The SMILES string of the molecule is CC(C)CC(=O)N1CCC2(CC1)OCCN2S(=O)(=O)c1ccccc1. The van der Waals surface area contributed by atoms with Crippen LogP contribution >= 0.6 is 0 Å². The predicted molar refractivity (Wildman–Crippen MR) is 94.3 cm³/mol. The fraction of sp³-hybridized carbons (Fsp3) is 0.611. The Hall–Kier alpha value is -1.44. The number of likely N-dealkylation sites (tertiary alicyclic amines) is 1. The van der Waals surface area contributed by atoms with Crippen LogP contribution in [0.15, 0.2) is 35.2 Å². The Bertz CT molecular complexity index is 710. The van der Waals surface area contributed by atoms with E-state index in [1.165, 1.54) is 4.31 Å². The van der Waals surface area contributed by atoms with Gasteiger partial charge in [0.15, 0.2) is 0 Å². The van der Waals surface area contributed by atoms with Crippen LogP contribution in [-0.4, -0.2) is 55.5 Å². The summed E-state index contributed by atoms with van der Waals surface area (Å²) in [5.41, 5.74) is -0.816. The molecule has 6 nitrogen and oxygen atoms in total. The summed E-state index contributed by atoms with van der Waals surface area (Å²) < 4.78 is 33.5. The summed E-state index contributed by atoms with van der Waals surface area (Å²) in [5, 5.41) is 0. The molecule has 7 heteroatoms. The largest absolute Gasteiger partial charge is 0.358 e. The highest BCUT2D eigenvalue weighted by Gasteiger charge is 2.50. The molecule has 1 amide bonds. The molecule has 0 N–H and O–H groups in total. The second-order valence-electron chi connectivity index (χ2n) is 7.16.